The van der Waals surface area contributed by atoms with Crippen LogP contribution in [0.25, 0.3) is 0 Å². The Morgan fingerprint density at radius 3 is 1.74 bits per heavy atom. The second-order valence-corrected chi connectivity index (χ2v) is 6.49. The highest BCUT2D eigenvalue weighted by molar-refractivity contribution is 6.21. The number of fused-ring (bicyclic) bond motifs is 1. The number of hydrogen-bond acceptors (Lipinski definition) is 3. The van der Waals surface area contributed by atoms with Crippen molar-refractivity contribution in [2.45, 2.75) is 5.92 Å². The molecule has 1 N–H and O–H groups in total. The van der Waals surface area contributed by atoms with Crippen molar-refractivity contribution < 1.29 is 14.4 Å². The summed E-state index contributed by atoms with van der Waals surface area (Å²) in [6, 6.07) is 24.5. The maximum atomic E-state index is 13.3. The van der Waals surface area contributed by atoms with Gasteiger partial charge in [-0.1, -0.05) is 78.9 Å². The van der Waals surface area contributed by atoms with Crippen molar-refractivity contribution in [1.82, 2.24) is 0 Å². The minimum atomic E-state index is -1.11. The van der Waals surface area contributed by atoms with Gasteiger partial charge in [-0.15, -0.1) is 0 Å². The largest absolute Gasteiger partial charge is 0.325 e. The molecule has 0 aromatic heterocycles. The van der Waals surface area contributed by atoms with Crippen molar-refractivity contribution in [3.05, 3.63) is 102 Å². The van der Waals surface area contributed by atoms with Gasteiger partial charge >= 0.3 is 0 Å². The summed E-state index contributed by atoms with van der Waals surface area (Å²) in [5.74, 6) is -2.97. The zero-order valence-electron chi connectivity index (χ0n) is 14.5. The Hall–Kier alpha value is -3.53. The van der Waals surface area contributed by atoms with E-state index in [-0.39, 0.29) is 17.5 Å². The molecule has 0 fully saturated rings. The number of carbonyl (C=O) groups is 3. The fourth-order valence-electron chi connectivity index (χ4n) is 3.55. The van der Waals surface area contributed by atoms with Crippen LogP contribution in [0, 0.1) is 5.92 Å². The molecular formula is C23H17NO3. The molecule has 3 aromatic rings. The van der Waals surface area contributed by atoms with Gasteiger partial charge in [0.15, 0.2) is 11.6 Å². The molecule has 0 saturated heterocycles. The van der Waals surface area contributed by atoms with E-state index >= 15 is 0 Å². The second-order valence-electron chi connectivity index (χ2n) is 6.49. The number of benzene rings is 3. The molecule has 4 heteroatoms. The number of anilines is 1. The average molecular weight is 355 g/mol. The van der Waals surface area contributed by atoms with Gasteiger partial charge in [0, 0.05) is 16.8 Å². The number of rotatable bonds is 5. The lowest BCUT2D eigenvalue weighted by Gasteiger charge is -2.20. The molecule has 3 aromatic carbocycles. The highest BCUT2D eigenvalue weighted by atomic mass is 16.2. The van der Waals surface area contributed by atoms with Gasteiger partial charge in [-0.25, -0.2) is 0 Å². The van der Waals surface area contributed by atoms with Crippen LogP contribution in [0.3, 0.4) is 0 Å². The molecular weight excluding hydrogens is 338 g/mol. The van der Waals surface area contributed by atoms with E-state index in [4.69, 9.17) is 0 Å². The first-order chi connectivity index (χ1) is 13.2. The molecule has 1 unspecified atom stereocenters. The number of nitrogens with one attached hydrogen (secondary N) is 1. The van der Waals surface area contributed by atoms with Crippen molar-refractivity contribution in [3.8, 4) is 0 Å². The SMILES string of the molecule is O=C(c1ccccc1)C(C(=O)c1ccccc1)C1C(=O)Nc2ccccc21. The van der Waals surface area contributed by atoms with Gasteiger partial charge in [0.1, 0.15) is 5.92 Å². The fraction of sp³-hybridized carbons (Fsp3) is 0.0870. The maximum absolute atomic E-state index is 13.3. The van der Waals surface area contributed by atoms with Gasteiger partial charge in [-0.05, 0) is 11.6 Å². The predicted octanol–water partition coefficient (Wildman–Crippen LogP) is 4.10. The molecule has 1 amide bonds. The highest BCUT2D eigenvalue weighted by Crippen LogP contribution is 2.39. The van der Waals surface area contributed by atoms with E-state index in [1.54, 1.807) is 60.7 Å². The Labute approximate surface area is 156 Å². The lowest BCUT2D eigenvalue weighted by Crippen LogP contribution is -2.34. The van der Waals surface area contributed by atoms with Crippen molar-refractivity contribution in [2.24, 2.45) is 5.92 Å². The number of amides is 1. The Morgan fingerprint density at radius 1 is 0.704 bits per heavy atom. The minimum Gasteiger partial charge on any atom is -0.325 e. The summed E-state index contributed by atoms with van der Waals surface area (Å²) in [6.45, 7) is 0. The molecule has 0 radical (unpaired) electrons. The van der Waals surface area contributed by atoms with E-state index in [9.17, 15) is 14.4 Å². The van der Waals surface area contributed by atoms with Crippen LogP contribution in [0.1, 0.15) is 32.2 Å². The first-order valence-electron chi connectivity index (χ1n) is 8.75. The molecule has 0 bridgehead atoms. The van der Waals surface area contributed by atoms with Crippen LogP contribution in [0.4, 0.5) is 5.69 Å². The molecule has 132 valence electrons. The molecule has 4 rings (SSSR count). The molecule has 1 aliphatic heterocycles. The van der Waals surface area contributed by atoms with Gasteiger partial charge in [0.05, 0.1) is 5.92 Å². The maximum Gasteiger partial charge on any atom is 0.233 e. The fourth-order valence-corrected chi connectivity index (χ4v) is 3.55. The number of ketones is 2. The van der Waals surface area contributed by atoms with Crippen molar-refractivity contribution in [2.75, 3.05) is 5.32 Å². The monoisotopic (exact) mass is 355 g/mol. The van der Waals surface area contributed by atoms with E-state index in [0.29, 0.717) is 22.4 Å². The van der Waals surface area contributed by atoms with E-state index < -0.39 is 11.8 Å². The molecule has 0 aliphatic carbocycles. The van der Waals surface area contributed by atoms with Crippen LogP contribution in [-0.2, 0) is 4.79 Å². The summed E-state index contributed by atoms with van der Waals surface area (Å²) < 4.78 is 0. The lowest BCUT2D eigenvalue weighted by atomic mass is 9.77. The number of Topliss-reactive ketones (excluding diaryl/α,β-unsaturated/α-hetero) is 2. The first-order valence-corrected chi connectivity index (χ1v) is 8.75. The van der Waals surface area contributed by atoms with Crippen LogP contribution in [0.5, 0.6) is 0 Å². The third kappa shape index (κ3) is 3.06. The van der Waals surface area contributed by atoms with E-state index in [1.807, 2.05) is 24.3 Å². The number of hydrogen-bond donors (Lipinski definition) is 1. The molecule has 0 saturated carbocycles. The summed E-state index contributed by atoms with van der Waals surface area (Å²) in [6.07, 6.45) is 0. The van der Waals surface area contributed by atoms with Crippen LogP contribution in [-0.4, -0.2) is 17.5 Å². The average Bonchev–Trinajstić information content (AvgIpc) is 3.05. The molecule has 4 nitrogen and oxygen atoms in total. The predicted molar refractivity (Wildman–Crippen MR) is 103 cm³/mol. The topological polar surface area (TPSA) is 63.2 Å². The van der Waals surface area contributed by atoms with Crippen LogP contribution < -0.4 is 5.32 Å². The Balaban J connectivity index is 1.83. The highest BCUT2D eigenvalue weighted by Gasteiger charge is 2.44. The normalized spacial score (nSPS) is 15.3. The summed E-state index contributed by atoms with van der Waals surface area (Å²) in [7, 11) is 0. The van der Waals surface area contributed by atoms with Gasteiger partial charge < -0.3 is 5.32 Å². The molecule has 0 spiro atoms. The zero-order chi connectivity index (χ0) is 18.8. The van der Waals surface area contributed by atoms with E-state index in [2.05, 4.69) is 5.32 Å². The molecule has 1 atom stereocenters. The van der Waals surface area contributed by atoms with Gasteiger partial charge in [-0.2, -0.15) is 0 Å². The first kappa shape index (κ1) is 16.9. The van der Waals surface area contributed by atoms with Crippen LogP contribution in [0.15, 0.2) is 84.9 Å². The third-order valence-electron chi connectivity index (χ3n) is 4.85. The molecule has 1 heterocycles. The number of para-hydroxylation sites is 1. The minimum absolute atomic E-state index is 0.324. The van der Waals surface area contributed by atoms with Gasteiger partial charge in [-0.3, -0.25) is 14.4 Å². The smallest absolute Gasteiger partial charge is 0.233 e. The van der Waals surface area contributed by atoms with Crippen LogP contribution >= 0.6 is 0 Å². The second kappa shape index (κ2) is 7.00. The summed E-state index contributed by atoms with van der Waals surface area (Å²) in [5.41, 5.74) is 2.17. The van der Waals surface area contributed by atoms with Crippen molar-refractivity contribution >= 4 is 23.2 Å². The standard InChI is InChI=1S/C23H17NO3/c25-21(15-9-3-1-4-10-15)20(22(26)16-11-5-2-6-12-16)19-17-13-7-8-14-18(17)24-23(19)27/h1-14,19-20H,(H,24,27). The van der Waals surface area contributed by atoms with Crippen LogP contribution in [0.2, 0.25) is 0 Å². The Bertz CT molecular complexity index is 961. The molecule has 27 heavy (non-hydrogen) atoms. The van der Waals surface area contributed by atoms with Gasteiger partial charge in [0.25, 0.3) is 0 Å². The summed E-state index contributed by atoms with van der Waals surface area (Å²) >= 11 is 0. The Kier molecular flexibility index (Phi) is 4.38. The van der Waals surface area contributed by atoms with Crippen molar-refractivity contribution in [1.29, 1.82) is 0 Å². The lowest BCUT2D eigenvalue weighted by molar-refractivity contribution is -0.117. The number of carbonyl (C=O) groups excluding carboxylic acids is 3. The zero-order valence-corrected chi connectivity index (χ0v) is 14.5. The van der Waals surface area contributed by atoms with Crippen molar-refractivity contribution in [3.63, 3.8) is 0 Å². The summed E-state index contributed by atoms with van der Waals surface area (Å²) in [4.78, 5) is 39.3. The van der Waals surface area contributed by atoms with E-state index in [0.717, 1.165) is 0 Å². The van der Waals surface area contributed by atoms with Gasteiger partial charge in [0.2, 0.25) is 5.91 Å². The third-order valence-corrected chi connectivity index (χ3v) is 4.85. The van der Waals surface area contributed by atoms with E-state index in [1.165, 1.54) is 0 Å². The Morgan fingerprint density at radius 2 is 1.19 bits per heavy atom. The molecule has 1 aliphatic rings. The quantitative estimate of drug-likeness (QED) is 0.553. The summed E-state index contributed by atoms with van der Waals surface area (Å²) in [5, 5.41) is 2.80.